The van der Waals surface area contributed by atoms with Crippen LogP contribution in [0.5, 0.6) is 0 Å². The summed E-state index contributed by atoms with van der Waals surface area (Å²) in [4.78, 5) is 12.7. The minimum atomic E-state index is -3.46. The van der Waals surface area contributed by atoms with Crippen LogP contribution in [0.1, 0.15) is 44.3 Å². The Morgan fingerprint density at radius 1 is 1.20 bits per heavy atom. The molecule has 0 spiro atoms. The smallest absolute Gasteiger partial charge is 0.323 e. The van der Waals surface area contributed by atoms with Crippen LogP contribution in [0.3, 0.4) is 0 Å². The summed E-state index contributed by atoms with van der Waals surface area (Å²) in [5.41, 5.74) is 1.39. The summed E-state index contributed by atoms with van der Waals surface area (Å²) >= 11 is 5.75. The first-order valence-electron chi connectivity index (χ1n) is 9.81. The van der Waals surface area contributed by atoms with Crippen LogP contribution in [0.2, 0.25) is 5.02 Å². The van der Waals surface area contributed by atoms with Crippen molar-refractivity contribution in [1.29, 1.82) is 0 Å². The molecule has 6 nitrogen and oxygen atoms in total. The molecule has 2 amide bonds. The molecule has 0 aliphatic carbocycles. The van der Waals surface area contributed by atoms with Crippen molar-refractivity contribution in [2.45, 2.75) is 43.6 Å². The number of carbonyl (C=O) groups excluding carboxylic acids is 1. The van der Waals surface area contributed by atoms with Crippen molar-refractivity contribution in [3.8, 4) is 0 Å². The summed E-state index contributed by atoms with van der Waals surface area (Å²) in [6.07, 6.45) is 3.00. The van der Waals surface area contributed by atoms with Crippen LogP contribution in [0.4, 0.5) is 20.6 Å². The number of halogens is 2. The molecule has 0 saturated carbocycles. The Labute approximate surface area is 180 Å². The van der Waals surface area contributed by atoms with Crippen molar-refractivity contribution >= 4 is 38.8 Å². The number of anilines is 2. The molecule has 1 saturated heterocycles. The Morgan fingerprint density at radius 2 is 2.00 bits per heavy atom. The first-order chi connectivity index (χ1) is 14.3. The van der Waals surface area contributed by atoms with E-state index in [1.54, 1.807) is 19.1 Å². The summed E-state index contributed by atoms with van der Waals surface area (Å²) in [5.74, 6) is -0.570. The highest BCUT2D eigenvalue weighted by Crippen LogP contribution is 2.34. The molecular formula is C21H24ClFN2O4S. The van der Waals surface area contributed by atoms with E-state index >= 15 is 0 Å². The topological polar surface area (TPSA) is 84.5 Å². The number of amides is 2. The molecule has 3 rings (SSSR count). The van der Waals surface area contributed by atoms with Gasteiger partial charge in [0.05, 0.1) is 21.8 Å². The van der Waals surface area contributed by atoms with Crippen LogP contribution in [-0.2, 0) is 14.6 Å². The second kappa shape index (κ2) is 9.76. The van der Waals surface area contributed by atoms with Crippen LogP contribution in [0, 0.1) is 5.82 Å². The lowest BCUT2D eigenvalue weighted by molar-refractivity contribution is 0.0154. The summed E-state index contributed by atoms with van der Waals surface area (Å²) in [6, 6.07) is 7.95. The predicted octanol–water partition coefficient (Wildman–Crippen LogP) is 5.55. The van der Waals surface area contributed by atoms with Crippen molar-refractivity contribution in [3.05, 3.63) is 52.8 Å². The Hall–Kier alpha value is -2.16. The molecule has 1 aliphatic rings. The second-order valence-corrected chi connectivity index (χ2v) is 9.65. The molecule has 0 aromatic heterocycles. The van der Waals surface area contributed by atoms with Crippen molar-refractivity contribution < 1.29 is 22.3 Å². The van der Waals surface area contributed by atoms with E-state index in [9.17, 15) is 17.6 Å². The van der Waals surface area contributed by atoms with E-state index in [1.807, 2.05) is 0 Å². The number of carbonyl (C=O) groups is 1. The average molecular weight is 455 g/mol. The Morgan fingerprint density at radius 3 is 2.67 bits per heavy atom. The number of ether oxygens (including phenoxy) is 1. The molecule has 9 heteroatoms. The molecule has 2 aromatic rings. The largest absolute Gasteiger partial charge is 0.373 e. The maximum absolute atomic E-state index is 13.3. The van der Waals surface area contributed by atoms with Gasteiger partial charge in [0.2, 0.25) is 0 Å². The number of sulfone groups is 1. The quantitative estimate of drug-likeness (QED) is 0.599. The van der Waals surface area contributed by atoms with Crippen molar-refractivity contribution in [3.63, 3.8) is 0 Å². The second-order valence-electron chi connectivity index (χ2n) is 7.13. The van der Waals surface area contributed by atoms with E-state index in [1.165, 1.54) is 18.2 Å². The van der Waals surface area contributed by atoms with Gasteiger partial charge in [0.1, 0.15) is 5.82 Å². The van der Waals surface area contributed by atoms with Crippen LogP contribution in [0.15, 0.2) is 41.3 Å². The zero-order chi connectivity index (χ0) is 21.7. The van der Waals surface area contributed by atoms with Crippen LogP contribution in [0.25, 0.3) is 0 Å². The number of benzene rings is 2. The minimum absolute atomic E-state index is 0.0198. The normalized spacial score (nSPS) is 16.8. The third kappa shape index (κ3) is 5.50. The number of nitrogens with one attached hydrogen (secondary N) is 2. The van der Waals surface area contributed by atoms with Gasteiger partial charge in [-0.25, -0.2) is 17.6 Å². The number of hydrogen-bond acceptors (Lipinski definition) is 4. The van der Waals surface area contributed by atoms with Crippen LogP contribution >= 0.6 is 11.6 Å². The molecule has 1 atom stereocenters. The van der Waals surface area contributed by atoms with E-state index in [-0.39, 0.29) is 21.8 Å². The maximum Gasteiger partial charge on any atom is 0.323 e. The lowest BCUT2D eigenvalue weighted by Gasteiger charge is -2.25. The fourth-order valence-electron chi connectivity index (χ4n) is 3.35. The van der Waals surface area contributed by atoms with Gasteiger partial charge in [-0.3, -0.25) is 0 Å². The summed E-state index contributed by atoms with van der Waals surface area (Å²) < 4.78 is 44.2. The predicted molar refractivity (Wildman–Crippen MR) is 115 cm³/mol. The minimum Gasteiger partial charge on any atom is -0.373 e. The van der Waals surface area contributed by atoms with Crippen LogP contribution in [-0.4, -0.2) is 26.8 Å². The summed E-state index contributed by atoms with van der Waals surface area (Å²) in [5, 5.41) is 5.18. The fraction of sp³-hybridized carbons (Fsp3) is 0.381. The Balaban J connectivity index is 1.88. The van der Waals surface area contributed by atoms with Gasteiger partial charge in [-0.15, -0.1) is 0 Å². The lowest BCUT2D eigenvalue weighted by Crippen LogP contribution is -2.22. The first kappa shape index (κ1) is 22.5. The first-order valence-corrected chi connectivity index (χ1v) is 11.8. The fourth-order valence-corrected chi connectivity index (χ4v) is 4.88. The summed E-state index contributed by atoms with van der Waals surface area (Å²) in [6.45, 7) is 2.41. The molecule has 2 aromatic carbocycles. The van der Waals surface area contributed by atoms with E-state index in [2.05, 4.69) is 10.6 Å². The van der Waals surface area contributed by atoms with E-state index in [0.29, 0.717) is 24.4 Å². The highest BCUT2D eigenvalue weighted by Gasteiger charge is 2.23. The molecule has 30 heavy (non-hydrogen) atoms. The van der Waals surface area contributed by atoms with Gasteiger partial charge in [-0.1, -0.05) is 24.6 Å². The highest BCUT2D eigenvalue weighted by molar-refractivity contribution is 7.91. The number of rotatable bonds is 6. The van der Waals surface area contributed by atoms with Crippen LogP contribution < -0.4 is 10.6 Å². The highest BCUT2D eigenvalue weighted by atomic mass is 35.5. The van der Waals surface area contributed by atoms with Gasteiger partial charge >= 0.3 is 6.03 Å². The SMILES string of the molecule is CCCS(=O)(=O)c1ccc(C2CCCCO2)c(NC(=O)Nc2ccc(F)c(Cl)c2)c1. The number of hydrogen-bond donors (Lipinski definition) is 2. The zero-order valence-corrected chi connectivity index (χ0v) is 18.2. The van der Waals surface area contributed by atoms with E-state index in [4.69, 9.17) is 16.3 Å². The molecule has 0 bridgehead atoms. The lowest BCUT2D eigenvalue weighted by atomic mass is 10.00. The van der Waals surface area contributed by atoms with Gasteiger partial charge < -0.3 is 15.4 Å². The van der Waals surface area contributed by atoms with Crippen molar-refractivity contribution in [1.82, 2.24) is 0 Å². The Kier molecular flexibility index (Phi) is 7.33. The molecule has 1 fully saturated rings. The third-order valence-electron chi connectivity index (χ3n) is 4.81. The standard InChI is InChI=1S/C21H24ClFN2O4S/c1-2-11-30(27,28)15-7-8-16(20-5-3-4-10-29-20)19(13-15)25-21(26)24-14-6-9-18(23)17(22)12-14/h6-9,12-13,20H,2-5,10-11H2,1H3,(H2,24,25,26). The van der Waals surface area contributed by atoms with Gasteiger partial charge in [0.15, 0.2) is 9.84 Å². The van der Waals surface area contributed by atoms with Gasteiger partial charge in [-0.05, 0) is 56.0 Å². The molecule has 1 heterocycles. The molecule has 2 N–H and O–H groups in total. The monoisotopic (exact) mass is 454 g/mol. The molecule has 1 unspecified atom stereocenters. The van der Waals surface area contributed by atoms with Gasteiger partial charge in [0, 0.05) is 23.5 Å². The van der Waals surface area contributed by atoms with Gasteiger partial charge in [0.25, 0.3) is 0 Å². The maximum atomic E-state index is 13.3. The van der Waals surface area contributed by atoms with Gasteiger partial charge in [-0.2, -0.15) is 0 Å². The molecular weight excluding hydrogens is 431 g/mol. The molecule has 1 aliphatic heterocycles. The zero-order valence-electron chi connectivity index (χ0n) is 16.6. The van der Waals surface area contributed by atoms with Crippen molar-refractivity contribution in [2.24, 2.45) is 0 Å². The molecule has 0 radical (unpaired) electrons. The number of urea groups is 1. The van der Waals surface area contributed by atoms with Crippen molar-refractivity contribution in [2.75, 3.05) is 23.0 Å². The molecule has 162 valence electrons. The average Bonchev–Trinajstić information content (AvgIpc) is 2.71. The van der Waals surface area contributed by atoms with E-state index < -0.39 is 21.7 Å². The Bertz CT molecular complexity index is 1020. The van der Waals surface area contributed by atoms with E-state index in [0.717, 1.165) is 30.9 Å². The summed E-state index contributed by atoms with van der Waals surface area (Å²) in [7, 11) is -3.46. The third-order valence-corrected chi connectivity index (χ3v) is 7.02.